The van der Waals surface area contributed by atoms with Crippen molar-refractivity contribution >= 4 is 22.4 Å². The van der Waals surface area contributed by atoms with Gasteiger partial charge in [-0.1, -0.05) is 29.9 Å². The van der Waals surface area contributed by atoms with E-state index in [0.717, 1.165) is 43.2 Å². The van der Waals surface area contributed by atoms with E-state index in [4.69, 9.17) is 0 Å². The number of anilines is 1. The molecule has 9 heteroatoms. The number of nitrogens with zero attached hydrogens (tertiary/aromatic N) is 3. The average Bonchev–Trinajstić information content (AvgIpc) is 3.28. The monoisotopic (exact) mass is 452 g/mol. The van der Waals surface area contributed by atoms with Crippen LogP contribution in [0.5, 0.6) is 0 Å². The van der Waals surface area contributed by atoms with Crippen LogP contribution in [-0.4, -0.2) is 48.0 Å². The summed E-state index contributed by atoms with van der Waals surface area (Å²) >= 11 is 1.37. The lowest BCUT2D eigenvalue weighted by Crippen LogP contribution is -2.46. The fourth-order valence-corrected chi connectivity index (χ4v) is 5.19. The zero-order valence-corrected chi connectivity index (χ0v) is 18.1. The molecule has 1 amide bonds. The molecule has 2 aromatic rings. The van der Waals surface area contributed by atoms with Crippen molar-refractivity contribution in [1.82, 2.24) is 15.2 Å². The van der Waals surface area contributed by atoms with Crippen molar-refractivity contribution in [2.45, 2.75) is 50.9 Å². The van der Waals surface area contributed by atoms with E-state index in [2.05, 4.69) is 20.1 Å². The first kappa shape index (κ1) is 22.1. The summed E-state index contributed by atoms with van der Waals surface area (Å²) in [7, 11) is 0. The van der Waals surface area contributed by atoms with Gasteiger partial charge in [0.15, 0.2) is 5.13 Å². The number of nitrogens with one attached hydrogen (secondary N) is 1. The fourth-order valence-electron chi connectivity index (χ4n) is 4.30. The number of thiazole rings is 1. The van der Waals surface area contributed by atoms with Crippen LogP contribution >= 0.6 is 11.3 Å². The Morgan fingerprint density at radius 3 is 2.39 bits per heavy atom. The Bertz CT molecular complexity index is 870. The van der Waals surface area contributed by atoms with Gasteiger partial charge in [-0.2, -0.15) is 13.2 Å². The number of carbonyl (C=O) groups is 1. The quantitative estimate of drug-likeness (QED) is 0.723. The molecule has 5 nitrogen and oxygen atoms in total. The van der Waals surface area contributed by atoms with Crippen LogP contribution in [0.1, 0.15) is 52.9 Å². The minimum absolute atomic E-state index is 0.172. The molecule has 168 valence electrons. The Balaban J connectivity index is 1.27. The molecular weight excluding hydrogens is 425 g/mol. The highest BCUT2D eigenvalue weighted by molar-refractivity contribution is 7.17. The number of benzene rings is 1. The third kappa shape index (κ3) is 5.57. The van der Waals surface area contributed by atoms with Crippen molar-refractivity contribution in [2.24, 2.45) is 0 Å². The van der Waals surface area contributed by atoms with Crippen LogP contribution in [0.4, 0.5) is 18.3 Å². The van der Waals surface area contributed by atoms with Crippen LogP contribution in [0, 0.1) is 0 Å². The van der Waals surface area contributed by atoms with Crippen LogP contribution in [0.2, 0.25) is 0 Å². The summed E-state index contributed by atoms with van der Waals surface area (Å²) < 4.78 is 37.9. The summed E-state index contributed by atoms with van der Waals surface area (Å²) in [6, 6.07) is 5.48. The maximum Gasteiger partial charge on any atom is 0.416 e. The maximum atomic E-state index is 12.6. The van der Waals surface area contributed by atoms with Gasteiger partial charge in [0.25, 0.3) is 5.91 Å². The number of piperidine rings is 2. The molecule has 0 saturated carbocycles. The van der Waals surface area contributed by atoms with Crippen molar-refractivity contribution in [3.05, 3.63) is 46.5 Å². The summed E-state index contributed by atoms with van der Waals surface area (Å²) in [6.45, 7) is 4.49. The van der Waals surface area contributed by atoms with Crippen LogP contribution in [0.15, 0.2) is 30.5 Å². The summed E-state index contributed by atoms with van der Waals surface area (Å²) in [4.78, 5) is 22.3. The predicted molar refractivity (Wildman–Crippen MR) is 115 cm³/mol. The molecule has 1 N–H and O–H groups in total. The molecule has 0 bridgehead atoms. The summed E-state index contributed by atoms with van der Waals surface area (Å²) in [5, 5.41) is 3.62. The molecule has 3 heterocycles. The van der Waals surface area contributed by atoms with E-state index >= 15 is 0 Å². The van der Waals surface area contributed by atoms with E-state index < -0.39 is 11.7 Å². The Kier molecular flexibility index (Phi) is 6.81. The number of amides is 1. The minimum atomic E-state index is -4.36. The average molecular weight is 453 g/mol. The molecular formula is C22H27F3N4OS. The standard InChI is InChI=1S/C22H27F3N4OS/c23-22(24,25)17-6-4-16(5-7-17)14-26-20(30)19-15-27-21(31-19)29-12-8-18(9-13-29)28-10-2-1-3-11-28/h4-7,15,18H,1-3,8-14H2,(H,26,30). The normalized spacial score (nSPS) is 18.9. The van der Waals surface area contributed by atoms with Gasteiger partial charge in [0.1, 0.15) is 4.88 Å². The van der Waals surface area contributed by atoms with E-state index in [9.17, 15) is 18.0 Å². The first-order valence-corrected chi connectivity index (χ1v) is 11.6. The van der Waals surface area contributed by atoms with Gasteiger partial charge < -0.3 is 15.1 Å². The molecule has 2 aliphatic rings. The van der Waals surface area contributed by atoms with E-state index in [1.54, 1.807) is 6.20 Å². The number of hydrogen-bond donors (Lipinski definition) is 1. The lowest BCUT2D eigenvalue weighted by molar-refractivity contribution is -0.137. The summed E-state index contributed by atoms with van der Waals surface area (Å²) in [5.41, 5.74) is -0.0791. The third-order valence-corrected chi connectivity index (χ3v) is 7.15. The first-order valence-electron chi connectivity index (χ1n) is 10.8. The highest BCUT2D eigenvalue weighted by atomic mass is 32.1. The highest BCUT2D eigenvalue weighted by Gasteiger charge is 2.30. The summed E-state index contributed by atoms with van der Waals surface area (Å²) in [6.07, 6.45) is 3.42. The highest BCUT2D eigenvalue weighted by Crippen LogP contribution is 2.30. The second kappa shape index (κ2) is 9.56. The van der Waals surface area contributed by atoms with Gasteiger partial charge in [-0.3, -0.25) is 4.79 Å². The number of rotatable bonds is 5. The first-order chi connectivity index (χ1) is 14.9. The zero-order valence-electron chi connectivity index (χ0n) is 17.3. The molecule has 2 saturated heterocycles. The molecule has 31 heavy (non-hydrogen) atoms. The Hall–Kier alpha value is -2.13. The van der Waals surface area contributed by atoms with E-state index in [1.165, 1.54) is 55.8 Å². The number of hydrogen-bond acceptors (Lipinski definition) is 5. The lowest BCUT2D eigenvalue weighted by Gasteiger charge is -2.40. The SMILES string of the molecule is O=C(NCc1ccc(C(F)(F)F)cc1)c1cnc(N2CCC(N3CCCCC3)CC2)s1. The number of likely N-dealkylation sites (tertiary alicyclic amines) is 1. The topological polar surface area (TPSA) is 48.5 Å². The Morgan fingerprint density at radius 1 is 1.06 bits per heavy atom. The van der Waals surface area contributed by atoms with E-state index in [1.807, 2.05) is 0 Å². The van der Waals surface area contributed by atoms with Crippen LogP contribution in [-0.2, 0) is 12.7 Å². The van der Waals surface area contributed by atoms with Gasteiger partial charge in [0, 0.05) is 25.7 Å². The van der Waals surface area contributed by atoms with Crippen LogP contribution in [0.25, 0.3) is 0 Å². The van der Waals surface area contributed by atoms with Crippen molar-refractivity contribution in [3.8, 4) is 0 Å². The zero-order chi connectivity index (χ0) is 21.8. The van der Waals surface area contributed by atoms with Gasteiger partial charge >= 0.3 is 6.18 Å². The molecule has 0 spiro atoms. The lowest BCUT2D eigenvalue weighted by atomic mass is 10.0. The minimum Gasteiger partial charge on any atom is -0.348 e. The Labute approximate surface area is 184 Å². The van der Waals surface area contributed by atoms with Gasteiger partial charge in [0.2, 0.25) is 0 Å². The van der Waals surface area contributed by atoms with Gasteiger partial charge in [-0.25, -0.2) is 4.98 Å². The van der Waals surface area contributed by atoms with E-state index in [0.29, 0.717) is 16.5 Å². The maximum absolute atomic E-state index is 12.6. The fraction of sp³-hybridized carbons (Fsp3) is 0.545. The molecule has 1 aromatic carbocycles. The largest absolute Gasteiger partial charge is 0.416 e. The Morgan fingerprint density at radius 2 is 1.74 bits per heavy atom. The van der Waals surface area contributed by atoms with Gasteiger partial charge in [0.05, 0.1) is 11.8 Å². The van der Waals surface area contributed by atoms with Gasteiger partial charge in [-0.15, -0.1) is 0 Å². The molecule has 0 radical (unpaired) electrons. The molecule has 0 aliphatic carbocycles. The smallest absolute Gasteiger partial charge is 0.348 e. The third-order valence-electron chi connectivity index (χ3n) is 6.09. The molecule has 1 aromatic heterocycles. The second-order valence-corrected chi connectivity index (χ2v) is 9.21. The molecule has 4 rings (SSSR count). The van der Waals surface area contributed by atoms with Crippen molar-refractivity contribution in [1.29, 1.82) is 0 Å². The number of carbonyl (C=O) groups excluding carboxylic acids is 1. The second-order valence-electron chi connectivity index (χ2n) is 8.20. The van der Waals surface area contributed by atoms with Crippen molar-refractivity contribution < 1.29 is 18.0 Å². The van der Waals surface area contributed by atoms with Crippen LogP contribution < -0.4 is 10.2 Å². The number of alkyl halides is 3. The molecule has 0 atom stereocenters. The van der Waals surface area contributed by atoms with E-state index in [-0.39, 0.29) is 12.5 Å². The van der Waals surface area contributed by atoms with Crippen molar-refractivity contribution in [3.63, 3.8) is 0 Å². The molecule has 2 aliphatic heterocycles. The van der Waals surface area contributed by atoms with Crippen LogP contribution in [0.3, 0.4) is 0 Å². The summed E-state index contributed by atoms with van der Waals surface area (Å²) in [5.74, 6) is -0.258. The molecule has 0 unspecified atom stereocenters. The van der Waals surface area contributed by atoms with Crippen molar-refractivity contribution in [2.75, 3.05) is 31.1 Å². The predicted octanol–water partition coefficient (Wildman–Crippen LogP) is 4.55. The number of aromatic nitrogens is 1. The number of halogens is 3. The molecule has 2 fully saturated rings. The van der Waals surface area contributed by atoms with Gasteiger partial charge in [-0.05, 0) is 56.5 Å².